The highest BCUT2D eigenvalue weighted by molar-refractivity contribution is 7.90. The van der Waals surface area contributed by atoms with Crippen molar-refractivity contribution in [1.82, 2.24) is 8.61 Å². The van der Waals surface area contributed by atoms with Crippen LogP contribution in [0.4, 0.5) is 0 Å². The second-order valence-electron chi connectivity index (χ2n) is 5.95. The van der Waals surface area contributed by atoms with Crippen LogP contribution in [0, 0.1) is 0 Å². The summed E-state index contributed by atoms with van der Waals surface area (Å²) in [5.74, 6) is 0.622. The molecule has 3 rings (SSSR count). The molecule has 1 saturated heterocycles. The second kappa shape index (κ2) is 6.62. The maximum atomic E-state index is 12.7. The van der Waals surface area contributed by atoms with Gasteiger partial charge < -0.3 is 4.74 Å². The van der Waals surface area contributed by atoms with E-state index in [2.05, 4.69) is 0 Å². The Morgan fingerprint density at radius 1 is 0.958 bits per heavy atom. The largest absolute Gasteiger partial charge is 0.494 e. The van der Waals surface area contributed by atoms with Crippen LogP contribution < -0.4 is 4.74 Å². The lowest BCUT2D eigenvalue weighted by Gasteiger charge is -2.33. The summed E-state index contributed by atoms with van der Waals surface area (Å²) in [7, 11) is -6.85. The van der Waals surface area contributed by atoms with Crippen LogP contribution in [0.2, 0.25) is 0 Å². The molecule has 0 radical (unpaired) electrons. The van der Waals surface area contributed by atoms with Gasteiger partial charge in [-0.25, -0.2) is 16.8 Å². The molecule has 1 heterocycles. The number of piperazine rings is 1. The Labute approximate surface area is 143 Å². The molecular formula is C15H22N2O5S2. The first kappa shape index (κ1) is 17.7. The van der Waals surface area contributed by atoms with Crippen molar-refractivity contribution in [2.24, 2.45) is 0 Å². The van der Waals surface area contributed by atoms with Gasteiger partial charge in [-0.2, -0.15) is 8.61 Å². The second-order valence-corrected chi connectivity index (χ2v) is 10.1. The van der Waals surface area contributed by atoms with Gasteiger partial charge in [0.1, 0.15) is 5.75 Å². The van der Waals surface area contributed by atoms with E-state index in [0.717, 1.165) is 0 Å². The fourth-order valence-electron chi connectivity index (χ4n) is 2.76. The molecule has 2 aliphatic rings. The minimum atomic E-state index is -3.61. The van der Waals surface area contributed by atoms with Crippen molar-refractivity contribution in [3.63, 3.8) is 0 Å². The Morgan fingerprint density at radius 2 is 1.50 bits per heavy atom. The Kier molecular flexibility index (Phi) is 4.87. The van der Waals surface area contributed by atoms with E-state index in [9.17, 15) is 16.8 Å². The molecule has 9 heteroatoms. The fraction of sp³-hybridized carbons (Fsp3) is 0.600. The van der Waals surface area contributed by atoms with Crippen molar-refractivity contribution in [2.75, 3.05) is 32.8 Å². The highest BCUT2D eigenvalue weighted by Crippen LogP contribution is 2.32. The number of hydrogen-bond acceptors (Lipinski definition) is 5. The molecule has 0 N–H and O–H groups in total. The Bertz CT molecular complexity index is 778. The van der Waals surface area contributed by atoms with Crippen LogP contribution in [-0.2, 0) is 20.0 Å². The maximum Gasteiger partial charge on any atom is 0.243 e. The van der Waals surface area contributed by atoms with E-state index < -0.39 is 20.0 Å². The van der Waals surface area contributed by atoms with Gasteiger partial charge in [0, 0.05) is 26.2 Å². The molecule has 0 unspecified atom stereocenters. The number of benzene rings is 1. The molecule has 7 nitrogen and oxygen atoms in total. The molecule has 0 aromatic heterocycles. The van der Waals surface area contributed by atoms with Crippen molar-refractivity contribution in [2.45, 2.75) is 29.9 Å². The summed E-state index contributed by atoms with van der Waals surface area (Å²) in [6, 6.07) is 6.30. The highest BCUT2D eigenvalue weighted by Gasteiger charge is 2.42. The van der Waals surface area contributed by atoms with Gasteiger partial charge >= 0.3 is 0 Å². The minimum absolute atomic E-state index is 0.182. The van der Waals surface area contributed by atoms with Gasteiger partial charge in [0.2, 0.25) is 20.0 Å². The van der Waals surface area contributed by atoms with E-state index >= 15 is 0 Å². The van der Waals surface area contributed by atoms with Gasteiger partial charge in [-0.1, -0.05) is 0 Å². The van der Waals surface area contributed by atoms with Crippen LogP contribution in [0.1, 0.15) is 19.8 Å². The van der Waals surface area contributed by atoms with Crippen molar-refractivity contribution in [3.8, 4) is 5.75 Å². The third kappa shape index (κ3) is 3.44. The van der Waals surface area contributed by atoms with Crippen molar-refractivity contribution in [3.05, 3.63) is 24.3 Å². The van der Waals surface area contributed by atoms with Crippen molar-refractivity contribution >= 4 is 20.0 Å². The molecule has 2 fully saturated rings. The van der Waals surface area contributed by atoms with E-state index in [4.69, 9.17) is 4.74 Å². The number of sulfonamides is 2. The van der Waals surface area contributed by atoms with Gasteiger partial charge in [-0.15, -0.1) is 0 Å². The average molecular weight is 374 g/mol. The average Bonchev–Trinajstić information content (AvgIpc) is 3.41. The maximum absolute atomic E-state index is 12.7. The van der Waals surface area contributed by atoms with Gasteiger partial charge in [-0.05, 0) is 44.0 Å². The van der Waals surface area contributed by atoms with Gasteiger partial charge in [0.25, 0.3) is 0 Å². The molecule has 24 heavy (non-hydrogen) atoms. The monoisotopic (exact) mass is 374 g/mol. The summed E-state index contributed by atoms with van der Waals surface area (Å²) in [6.45, 7) is 3.18. The number of nitrogens with zero attached hydrogens (tertiary/aromatic N) is 2. The van der Waals surface area contributed by atoms with Crippen LogP contribution in [0.15, 0.2) is 29.2 Å². The van der Waals surface area contributed by atoms with Crippen LogP contribution >= 0.6 is 0 Å². The third-order valence-electron chi connectivity index (χ3n) is 4.28. The Hall–Kier alpha value is -1.16. The van der Waals surface area contributed by atoms with E-state index in [0.29, 0.717) is 25.2 Å². The number of hydrogen-bond donors (Lipinski definition) is 0. The summed E-state index contributed by atoms with van der Waals surface area (Å²) >= 11 is 0. The van der Waals surface area contributed by atoms with E-state index in [1.807, 2.05) is 6.92 Å². The summed E-state index contributed by atoms with van der Waals surface area (Å²) in [5.41, 5.74) is 0. The molecule has 1 aliphatic heterocycles. The molecule has 0 amide bonds. The quantitative estimate of drug-likeness (QED) is 0.738. The first-order valence-electron chi connectivity index (χ1n) is 8.07. The van der Waals surface area contributed by atoms with Gasteiger partial charge in [-0.3, -0.25) is 0 Å². The number of ether oxygens (including phenoxy) is 1. The van der Waals surface area contributed by atoms with Crippen LogP contribution in [0.25, 0.3) is 0 Å². The lowest BCUT2D eigenvalue weighted by atomic mass is 10.3. The fourth-order valence-corrected chi connectivity index (χ4v) is 6.01. The van der Waals surface area contributed by atoms with Crippen molar-refractivity contribution in [1.29, 1.82) is 0 Å². The summed E-state index contributed by atoms with van der Waals surface area (Å²) in [6.07, 6.45) is 1.43. The van der Waals surface area contributed by atoms with Gasteiger partial charge in [0.15, 0.2) is 0 Å². The first-order chi connectivity index (χ1) is 11.4. The molecule has 1 saturated carbocycles. The lowest BCUT2D eigenvalue weighted by molar-refractivity contribution is 0.272. The zero-order valence-electron chi connectivity index (χ0n) is 13.6. The highest BCUT2D eigenvalue weighted by atomic mass is 32.2. The van der Waals surface area contributed by atoms with Crippen LogP contribution in [0.5, 0.6) is 5.75 Å². The van der Waals surface area contributed by atoms with E-state index in [1.165, 1.54) is 20.7 Å². The van der Waals surface area contributed by atoms with Crippen LogP contribution in [-0.4, -0.2) is 63.5 Å². The summed E-state index contributed by atoms with van der Waals surface area (Å²) in [5, 5.41) is -0.258. The Morgan fingerprint density at radius 3 is 2.00 bits per heavy atom. The summed E-state index contributed by atoms with van der Waals surface area (Å²) in [4.78, 5) is 0.199. The summed E-state index contributed by atoms with van der Waals surface area (Å²) < 4.78 is 57.9. The molecule has 134 valence electrons. The van der Waals surface area contributed by atoms with Crippen LogP contribution in [0.3, 0.4) is 0 Å². The first-order valence-corrected chi connectivity index (χ1v) is 11.0. The predicted octanol–water partition coefficient (Wildman–Crippen LogP) is 0.884. The molecule has 0 atom stereocenters. The molecule has 0 bridgehead atoms. The molecule has 1 aromatic carbocycles. The SMILES string of the molecule is CCOc1ccc(S(=O)(=O)N2CCN(S(=O)(=O)C3CC3)CC2)cc1. The topological polar surface area (TPSA) is 84.0 Å². The normalized spacial score (nSPS) is 20.9. The third-order valence-corrected chi connectivity index (χ3v) is 8.59. The molecular weight excluding hydrogens is 352 g/mol. The van der Waals surface area contributed by atoms with E-state index in [-0.39, 0.29) is 36.3 Å². The zero-order valence-corrected chi connectivity index (χ0v) is 15.2. The molecule has 1 aromatic rings. The number of rotatable bonds is 6. The predicted molar refractivity (Wildman–Crippen MR) is 89.9 cm³/mol. The standard InChI is InChI=1S/C15H22N2O5S2/c1-2-22-13-3-5-14(6-4-13)23(18,19)16-9-11-17(12-10-16)24(20,21)15-7-8-15/h3-6,15H,2,7-12H2,1H3. The lowest BCUT2D eigenvalue weighted by Crippen LogP contribution is -2.51. The van der Waals surface area contributed by atoms with Gasteiger partial charge in [0.05, 0.1) is 16.8 Å². The smallest absolute Gasteiger partial charge is 0.243 e. The molecule has 1 aliphatic carbocycles. The Balaban J connectivity index is 1.68. The van der Waals surface area contributed by atoms with Crippen molar-refractivity contribution < 1.29 is 21.6 Å². The minimum Gasteiger partial charge on any atom is -0.494 e. The van der Waals surface area contributed by atoms with E-state index in [1.54, 1.807) is 12.1 Å². The molecule has 0 spiro atoms. The zero-order chi connectivity index (χ0) is 17.4.